The van der Waals surface area contributed by atoms with Crippen LogP contribution in [0.15, 0.2) is 78.9 Å². The maximum atomic E-state index is 12.5. The maximum Gasteiger partial charge on any atom is 0.407 e. The summed E-state index contributed by atoms with van der Waals surface area (Å²) >= 11 is 0. The molecule has 3 aromatic rings. The molecule has 4 rings (SSSR count). The number of rotatable bonds is 6. The van der Waals surface area contributed by atoms with Crippen LogP contribution in [0, 0.1) is 0 Å². The van der Waals surface area contributed by atoms with Crippen molar-refractivity contribution in [1.29, 1.82) is 0 Å². The van der Waals surface area contributed by atoms with Gasteiger partial charge in [0.05, 0.1) is 12.5 Å². The molecule has 0 bridgehead atoms. The number of nitrogens with one attached hydrogen (secondary N) is 1. The first kappa shape index (κ1) is 18.7. The van der Waals surface area contributed by atoms with Crippen molar-refractivity contribution >= 4 is 12.1 Å². The Hall–Kier alpha value is -3.60. The quantitative estimate of drug-likeness (QED) is 0.640. The van der Waals surface area contributed by atoms with Crippen molar-refractivity contribution in [2.24, 2.45) is 0 Å². The van der Waals surface area contributed by atoms with Crippen molar-refractivity contribution in [3.05, 3.63) is 95.6 Å². The standard InChI is InChI=1S/C24H21NO4/c26-23(27)14-22(16-8-2-1-3-9-16)25-24(28)29-15-21-19-12-6-4-10-17(19)18-11-5-7-13-20(18)21/h1-13,21-22H,14-15H2,(H,25,28)(H,26,27)/t22-/m1/s1. The highest BCUT2D eigenvalue weighted by Gasteiger charge is 2.29. The van der Waals surface area contributed by atoms with Gasteiger partial charge in [-0.15, -0.1) is 0 Å². The van der Waals surface area contributed by atoms with Crippen molar-refractivity contribution in [2.75, 3.05) is 6.61 Å². The van der Waals surface area contributed by atoms with Crippen molar-refractivity contribution < 1.29 is 19.4 Å². The van der Waals surface area contributed by atoms with E-state index in [2.05, 4.69) is 29.6 Å². The molecule has 5 heteroatoms. The number of carbonyl (C=O) groups excluding carboxylic acids is 1. The number of carboxylic acid groups (broad SMARTS) is 1. The molecule has 0 aliphatic heterocycles. The first-order valence-corrected chi connectivity index (χ1v) is 9.51. The second-order valence-corrected chi connectivity index (χ2v) is 7.03. The van der Waals surface area contributed by atoms with Crippen molar-refractivity contribution in [1.82, 2.24) is 5.32 Å². The summed E-state index contributed by atoms with van der Waals surface area (Å²) in [6, 6.07) is 24.6. The summed E-state index contributed by atoms with van der Waals surface area (Å²) in [7, 11) is 0. The van der Waals surface area contributed by atoms with Crippen LogP contribution in [0.3, 0.4) is 0 Å². The van der Waals surface area contributed by atoms with E-state index in [0.717, 1.165) is 27.8 Å². The van der Waals surface area contributed by atoms with Crippen LogP contribution in [-0.2, 0) is 9.53 Å². The monoisotopic (exact) mass is 387 g/mol. The van der Waals surface area contributed by atoms with Crippen molar-refractivity contribution in [3.63, 3.8) is 0 Å². The Kier molecular flexibility index (Phi) is 5.29. The summed E-state index contributed by atoms with van der Waals surface area (Å²) in [4.78, 5) is 23.7. The van der Waals surface area contributed by atoms with Crippen LogP contribution in [-0.4, -0.2) is 23.8 Å². The lowest BCUT2D eigenvalue weighted by Gasteiger charge is -2.19. The molecule has 0 heterocycles. The van der Waals surface area contributed by atoms with Gasteiger partial charge in [0.2, 0.25) is 0 Å². The first-order chi connectivity index (χ1) is 14.1. The molecule has 0 spiro atoms. The molecule has 0 fully saturated rings. The summed E-state index contributed by atoms with van der Waals surface area (Å²) in [5.74, 6) is -1.03. The van der Waals surface area contributed by atoms with Crippen molar-refractivity contribution in [2.45, 2.75) is 18.4 Å². The Morgan fingerprint density at radius 3 is 2.00 bits per heavy atom. The number of fused-ring (bicyclic) bond motifs is 3. The normalized spacial score (nSPS) is 13.2. The smallest absolute Gasteiger partial charge is 0.407 e. The number of amides is 1. The van der Waals surface area contributed by atoms with Crippen LogP contribution < -0.4 is 5.32 Å². The minimum atomic E-state index is -0.988. The molecule has 1 aliphatic rings. The minimum absolute atomic E-state index is 0.0391. The highest BCUT2D eigenvalue weighted by Crippen LogP contribution is 2.44. The molecular formula is C24H21NO4. The molecule has 5 nitrogen and oxygen atoms in total. The predicted molar refractivity (Wildman–Crippen MR) is 110 cm³/mol. The fourth-order valence-corrected chi connectivity index (χ4v) is 3.89. The average molecular weight is 387 g/mol. The lowest BCUT2D eigenvalue weighted by Crippen LogP contribution is -2.31. The van der Waals surface area contributed by atoms with E-state index in [1.165, 1.54) is 0 Å². The van der Waals surface area contributed by atoms with Gasteiger partial charge >= 0.3 is 12.1 Å². The number of hydrogen-bond acceptors (Lipinski definition) is 3. The van der Waals surface area contributed by atoms with Gasteiger partial charge in [-0.25, -0.2) is 4.79 Å². The molecule has 0 unspecified atom stereocenters. The Morgan fingerprint density at radius 1 is 0.862 bits per heavy atom. The summed E-state index contributed by atoms with van der Waals surface area (Å²) in [6.45, 7) is 0.189. The molecule has 2 N–H and O–H groups in total. The third-order valence-corrected chi connectivity index (χ3v) is 5.22. The first-order valence-electron chi connectivity index (χ1n) is 9.51. The Bertz CT molecular complexity index is 986. The SMILES string of the molecule is O=C(O)C[C@@H](NC(=O)OCC1c2ccccc2-c2ccccc21)c1ccccc1. The van der Waals surface area contributed by atoms with Crippen LogP contribution >= 0.6 is 0 Å². The van der Waals surface area contributed by atoms with Crippen LogP contribution in [0.5, 0.6) is 0 Å². The van der Waals surface area contributed by atoms with E-state index in [9.17, 15) is 14.7 Å². The number of ether oxygens (including phenoxy) is 1. The zero-order valence-electron chi connectivity index (χ0n) is 15.7. The van der Waals surface area contributed by atoms with Gasteiger partial charge in [-0.2, -0.15) is 0 Å². The zero-order valence-corrected chi connectivity index (χ0v) is 15.7. The van der Waals surface area contributed by atoms with Gasteiger partial charge in [-0.05, 0) is 27.8 Å². The fourth-order valence-electron chi connectivity index (χ4n) is 3.89. The minimum Gasteiger partial charge on any atom is -0.481 e. The molecule has 0 saturated heterocycles. The van der Waals surface area contributed by atoms with Gasteiger partial charge in [-0.3, -0.25) is 4.79 Å². The maximum absolute atomic E-state index is 12.5. The van der Waals surface area contributed by atoms with Gasteiger partial charge < -0.3 is 15.2 Å². The average Bonchev–Trinajstić information content (AvgIpc) is 3.06. The Morgan fingerprint density at radius 2 is 1.41 bits per heavy atom. The van der Waals surface area contributed by atoms with Crippen LogP contribution in [0.25, 0.3) is 11.1 Å². The van der Waals surface area contributed by atoms with E-state index in [-0.39, 0.29) is 18.9 Å². The molecule has 3 aromatic carbocycles. The largest absolute Gasteiger partial charge is 0.481 e. The van der Waals surface area contributed by atoms with Gasteiger partial charge in [0.15, 0.2) is 0 Å². The predicted octanol–water partition coefficient (Wildman–Crippen LogP) is 4.74. The molecule has 0 aromatic heterocycles. The second-order valence-electron chi connectivity index (χ2n) is 7.03. The summed E-state index contributed by atoms with van der Waals surface area (Å²) < 4.78 is 5.53. The van der Waals surface area contributed by atoms with Crippen LogP contribution in [0.4, 0.5) is 4.79 Å². The fraction of sp³-hybridized carbons (Fsp3) is 0.167. The van der Waals surface area contributed by atoms with Crippen molar-refractivity contribution in [3.8, 4) is 11.1 Å². The molecule has 0 saturated carbocycles. The summed E-state index contributed by atoms with van der Waals surface area (Å²) in [5.41, 5.74) is 5.30. The van der Waals surface area contributed by atoms with Crippen LogP contribution in [0.1, 0.15) is 35.1 Å². The topological polar surface area (TPSA) is 75.6 Å². The third-order valence-electron chi connectivity index (χ3n) is 5.22. The second kappa shape index (κ2) is 8.19. The zero-order chi connectivity index (χ0) is 20.2. The summed E-state index contributed by atoms with van der Waals surface area (Å²) in [5, 5.41) is 11.9. The number of alkyl carbamates (subject to hydrolysis) is 1. The Labute approximate surface area is 169 Å². The third kappa shape index (κ3) is 3.99. The number of carbonyl (C=O) groups is 2. The number of benzene rings is 3. The number of hydrogen-bond donors (Lipinski definition) is 2. The van der Waals surface area contributed by atoms with Gasteiger partial charge in [0, 0.05) is 5.92 Å². The molecule has 1 amide bonds. The summed E-state index contributed by atoms with van der Waals surface area (Å²) in [6.07, 6.45) is -0.837. The number of carboxylic acids is 1. The lowest BCUT2D eigenvalue weighted by atomic mass is 9.98. The highest BCUT2D eigenvalue weighted by molar-refractivity contribution is 5.79. The van der Waals surface area contributed by atoms with E-state index < -0.39 is 18.1 Å². The molecule has 29 heavy (non-hydrogen) atoms. The van der Waals surface area contributed by atoms with E-state index in [1.54, 1.807) is 12.1 Å². The molecule has 1 aliphatic carbocycles. The molecule has 146 valence electrons. The molecule has 1 atom stereocenters. The van der Waals surface area contributed by atoms with E-state index in [0.29, 0.717) is 0 Å². The van der Waals surface area contributed by atoms with Gasteiger partial charge in [-0.1, -0.05) is 78.9 Å². The number of aliphatic carboxylic acids is 1. The van der Waals surface area contributed by atoms with Gasteiger partial charge in [0.25, 0.3) is 0 Å². The van der Waals surface area contributed by atoms with Gasteiger partial charge in [0.1, 0.15) is 6.61 Å². The van der Waals surface area contributed by atoms with E-state index in [4.69, 9.17) is 4.74 Å². The highest BCUT2D eigenvalue weighted by atomic mass is 16.5. The lowest BCUT2D eigenvalue weighted by molar-refractivity contribution is -0.137. The molecular weight excluding hydrogens is 366 g/mol. The Balaban J connectivity index is 1.47. The van der Waals surface area contributed by atoms with E-state index >= 15 is 0 Å². The molecule has 0 radical (unpaired) electrons. The van der Waals surface area contributed by atoms with Crippen LogP contribution in [0.2, 0.25) is 0 Å². The van der Waals surface area contributed by atoms with E-state index in [1.807, 2.05) is 42.5 Å².